The van der Waals surface area contributed by atoms with Gasteiger partial charge in [-0.2, -0.15) is 10.2 Å². The van der Waals surface area contributed by atoms with Gasteiger partial charge in [0.25, 0.3) is 0 Å². The molecule has 1 aliphatic carbocycles. The first-order chi connectivity index (χ1) is 11.2. The minimum absolute atomic E-state index is 0.483. The van der Waals surface area contributed by atoms with Crippen LogP contribution in [-0.4, -0.2) is 37.5 Å². The Bertz CT molecular complexity index is 817. The van der Waals surface area contributed by atoms with Gasteiger partial charge in [-0.25, -0.2) is 9.50 Å². The van der Waals surface area contributed by atoms with Crippen LogP contribution in [0.1, 0.15) is 37.3 Å². The normalized spacial score (nSPS) is 21.8. The molecule has 3 heterocycles. The molecule has 0 aliphatic heterocycles. The summed E-state index contributed by atoms with van der Waals surface area (Å²) in [5.74, 6) is 0.483. The molecule has 3 aromatic heterocycles. The van der Waals surface area contributed by atoms with Crippen LogP contribution >= 0.6 is 0 Å². The highest BCUT2D eigenvalue weighted by Gasteiger charge is 2.25. The van der Waals surface area contributed by atoms with Crippen molar-refractivity contribution >= 4 is 5.52 Å². The average Bonchev–Trinajstić information content (AvgIpc) is 3.22. The van der Waals surface area contributed by atoms with Crippen molar-refractivity contribution in [3.8, 4) is 11.3 Å². The van der Waals surface area contributed by atoms with Crippen molar-refractivity contribution in [3.63, 3.8) is 0 Å². The Labute approximate surface area is 135 Å². The second-order valence-corrected chi connectivity index (χ2v) is 6.42. The minimum Gasteiger partial charge on any atom is -0.317 e. The summed E-state index contributed by atoms with van der Waals surface area (Å²) < 4.78 is 3.76. The molecule has 0 radical (unpaired) electrons. The summed E-state index contributed by atoms with van der Waals surface area (Å²) in [7, 11) is 3.98. The number of aromatic nitrogens is 5. The van der Waals surface area contributed by atoms with E-state index < -0.39 is 0 Å². The topological polar surface area (TPSA) is 60.0 Å². The summed E-state index contributed by atoms with van der Waals surface area (Å²) in [4.78, 5) is 5.01. The Kier molecular flexibility index (Phi) is 3.61. The molecule has 0 bridgehead atoms. The van der Waals surface area contributed by atoms with E-state index in [-0.39, 0.29) is 0 Å². The van der Waals surface area contributed by atoms with E-state index >= 15 is 0 Å². The van der Waals surface area contributed by atoms with Crippen LogP contribution in [0.25, 0.3) is 16.8 Å². The maximum Gasteiger partial charge on any atom is 0.0921 e. The molecular formula is C17H22N6. The van der Waals surface area contributed by atoms with Crippen LogP contribution in [0.5, 0.6) is 0 Å². The van der Waals surface area contributed by atoms with Gasteiger partial charge in [-0.05, 0) is 32.4 Å². The zero-order valence-electron chi connectivity index (χ0n) is 13.6. The van der Waals surface area contributed by atoms with Gasteiger partial charge >= 0.3 is 0 Å². The zero-order chi connectivity index (χ0) is 15.8. The standard InChI is InChI=1S/C17H22N6/c1-18-14-5-3-4-12(8-14)17-16-6-7-19-23(16)11-15(21-17)13-9-20-22(2)10-13/h6-7,9-12,14,18H,3-5,8H2,1-2H3/t12-,14+/m1/s1. The SMILES string of the molecule is CN[C@H]1CCC[C@@H](c2nc(-c3cnn(C)c3)cn3nccc23)C1. The molecular weight excluding hydrogens is 288 g/mol. The second kappa shape index (κ2) is 5.77. The van der Waals surface area contributed by atoms with Crippen LogP contribution < -0.4 is 5.32 Å². The van der Waals surface area contributed by atoms with Crippen molar-refractivity contribution < 1.29 is 0 Å². The highest BCUT2D eigenvalue weighted by Crippen LogP contribution is 2.35. The summed E-state index contributed by atoms with van der Waals surface area (Å²) >= 11 is 0. The van der Waals surface area contributed by atoms with Gasteiger partial charge in [0, 0.05) is 30.8 Å². The van der Waals surface area contributed by atoms with Crippen LogP contribution in [0.15, 0.2) is 30.9 Å². The summed E-state index contributed by atoms with van der Waals surface area (Å²) in [6.07, 6.45) is 12.5. The molecule has 2 atom stereocenters. The lowest BCUT2D eigenvalue weighted by atomic mass is 9.83. The second-order valence-electron chi connectivity index (χ2n) is 6.42. The number of hydrogen-bond donors (Lipinski definition) is 1. The van der Waals surface area contributed by atoms with Crippen molar-refractivity contribution in [2.75, 3.05) is 7.05 Å². The summed E-state index contributed by atoms with van der Waals surface area (Å²) in [6.45, 7) is 0. The molecule has 0 saturated heterocycles. The van der Waals surface area contributed by atoms with Crippen molar-refractivity contribution in [1.82, 2.24) is 29.7 Å². The molecule has 0 spiro atoms. The molecule has 0 amide bonds. The third-order valence-corrected chi connectivity index (χ3v) is 4.89. The van der Waals surface area contributed by atoms with E-state index in [4.69, 9.17) is 4.98 Å². The number of fused-ring (bicyclic) bond motifs is 1. The Morgan fingerprint density at radius 3 is 2.91 bits per heavy atom. The first-order valence-electron chi connectivity index (χ1n) is 8.25. The van der Waals surface area contributed by atoms with E-state index in [0.29, 0.717) is 12.0 Å². The number of rotatable bonds is 3. The quantitative estimate of drug-likeness (QED) is 0.807. The Balaban J connectivity index is 1.79. The fourth-order valence-electron chi connectivity index (χ4n) is 3.65. The van der Waals surface area contributed by atoms with Crippen molar-refractivity contribution in [1.29, 1.82) is 0 Å². The molecule has 6 heteroatoms. The molecule has 120 valence electrons. The van der Waals surface area contributed by atoms with Crippen molar-refractivity contribution in [2.24, 2.45) is 7.05 Å². The molecule has 1 saturated carbocycles. The number of nitrogens with zero attached hydrogens (tertiary/aromatic N) is 5. The monoisotopic (exact) mass is 310 g/mol. The smallest absolute Gasteiger partial charge is 0.0921 e. The van der Waals surface area contributed by atoms with E-state index in [0.717, 1.165) is 23.2 Å². The fourth-order valence-corrected chi connectivity index (χ4v) is 3.65. The highest BCUT2D eigenvalue weighted by molar-refractivity contribution is 5.62. The van der Waals surface area contributed by atoms with Crippen LogP contribution in [0, 0.1) is 0 Å². The molecule has 0 aromatic carbocycles. The van der Waals surface area contributed by atoms with Gasteiger partial charge in [0.1, 0.15) is 0 Å². The zero-order valence-corrected chi connectivity index (χ0v) is 13.6. The maximum absolute atomic E-state index is 5.01. The van der Waals surface area contributed by atoms with E-state index in [9.17, 15) is 0 Å². The molecule has 1 aliphatic rings. The van der Waals surface area contributed by atoms with Gasteiger partial charge < -0.3 is 5.32 Å². The summed E-state index contributed by atoms with van der Waals surface area (Å²) in [5, 5.41) is 12.1. The van der Waals surface area contributed by atoms with Crippen LogP contribution in [0.2, 0.25) is 0 Å². The Morgan fingerprint density at radius 2 is 2.13 bits per heavy atom. The van der Waals surface area contributed by atoms with Crippen LogP contribution in [-0.2, 0) is 7.05 Å². The maximum atomic E-state index is 5.01. The number of hydrogen-bond acceptors (Lipinski definition) is 4. The fraction of sp³-hybridized carbons (Fsp3) is 0.471. The van der Waals surface area contributed by atoms with Crippen molar-refractivity contribution in [2.45, 2.75) is 37.6 Å². The molecule has 6 nitrogen and oxygen atoms in total. The van der Waals surface area contributed by atoms with E-state index in [1.54, 1.807) is 0 Å². The lowest BCUT2D eigenvalue weighted by Crippen LogP contribution is -2.31. The predicted octanol–water partition coefficient (Wildman–Crippen LogP) is 2.38. The molecule has 23 heavy (non-hydrogen) atoms. The van der Waals surface area contributed by atoms with Gasteiger partial charge in [-0.1, -0.05) is 6.42 Å². The molecule has 0 unspecified atom stereocenters. The molecule has 1 N–H and O–H groups in total. The Morgan fingerprint density at radius 1 is 1.22 bits per heavy atom. The van der Waals surface area contributed by atoms with E-state index in [2.05, 4.69) is 28.6 Å². The number of aryl methyl sites for hydroxylation is 1. The lowest BCUT2D eigenvalue weighted by molar-refractivity contribution is 0.352. The van der Waals surface area contributed by atoms with Gasteiger partial charge in [-0.3, -0.25) is 4.68 Å². The summed E-state index contributed by atoms with van der Waals surface area (Å²) in [5.41, 5.74) is 4.27. The molecule has 3 aromatic rings. The summed E-state index contributed by atoms with van der Waals surface area (Å²) in [6, 6.07) is 2.65. The molecule has 4 rings (SSSR count). The van der Waals surface area contributed by atoms with Gasteiger partial charge in [0.2, 0.25) is 0 Å². The first kappa shape index (κ1) is 14.4. The van der Waals surface area contributed by atoms with Crippen LogP contribution in [0.4, 0.5) is 0 Å². The van der Waals surface area contributed by atoms with Gasteiger partial charge in [0.05, 0.1) is 35.5 Å². The van der Waals surface area contributed by atoms with Gasteiger partial charge in [-0.15, -0.1) is 0 Å². The first-order valence-corrected chi connectivity index (χ1v) is 8.25. The molecule has 1 fully saturated rings. The minimum atomic E-state index is 0.483. The van der Waals surface area contributed by atoms with E-state index in [1.807, 2.05) is 41.0 Å². The average molecular weight is 310 g/mol. The van der Waals surface area contributed by atoms with Gasteiger partial charge in [0.15, 0.2) is 0 Å². The lowest BCUT2D eigenvalue weighted by Gasteiger charge is -2.29. The highest BCUT2D eigenvalue weighted by atomic mass is 15.2. The third-order valence-electron chi connectivity index (χ3n) is 4.89. The van der Waals surface area contributed by atoms with Crippen molar-refractivity contribution in [3.05, 3.63) is 36.5 Å². The van der Waals surface area contributed by atoms with Crippen LogP contribution in [0.3, 0.4) is 0 Å². The largest absolute Gasteiger partial charge is 0.317 e. The third kappa shape index (κ3) is 2.63. The number of nitrogens with one attached hydrogen (secondary N) is 1. The van der Waals surface area contributed by atoms with E-state index in [1.165, 1.54) is 25.0 Å². The Hall–Kier alpha value is -2.21. The predicted molar refractivity (Wildman–Crippen MR) is 89.2 cm³/mol.